The number of imidazole rings is 1. The molecule has 0 aliphatic rings. The predicted octanol–water partition coefficient (Wildman–Crippen LogP) is -0.463. The lowest BCUT2D eigenvalue weighted by Crippen LogP contribution is -2.38. The van der Waals surface area contributed by atoms with Gasteiger partial charge < -0.3 is 14.6 Å². The predicted molar refractivity (Wildman–Crippen MR) is 99.8 cm³/mol. The summed E-state index contributed by atoms with van der Waals surface area (Å²) in [5, 5.41) is 2.74. The van der Waals surface area contributed by atoms with Crippen LogP contribution >= 0.6 is 0 Å². The van der Waals surface area contributed by atoms with Crippen LogP contribution in [0, 0.1) is 0 Å². The molecule has 0 saturated heterocycles. The number of fused-ring (bicyclic) bond motifs is 1. The van der Waals surface area contributed by atoms with E-state index in [-0.39, 0.29) is 30.2 Å². The highest BCUT2D eigenvalue weighted by Crippen LogP contribution is 2.07. The second-order valence-electron chi connectivity index (χ2n) is 6.22. The smallest absolute Gasteiger partial charge is 0.337 e. The fourth-order valence-electron chi connectivity index (χ4n) is 2.80. The van der Waals surface area contributed by atoms with Crippen LogP contribution in [0.25, 0.3) is 11.2 Å². The molecule has 1 aromatic carbocycles. The molecule has 0 spiro atoms. The van der Waals surface area contributed by atoms with Crippen LogP contribution in [-0.4, -0.2) is 37.7 Å². The van der Waals surface area contributed by atoms with E-state index in [0.29, 0.717) is 5.56 Å². The quantitative estimate of drug-likeness (QED) is 0.594. The molecule has 0 bridgehead atoms. The zero-order valence-corrected chi connectivity index (χ0v) is 15.6. The van der Waals surface area contributed by atoms with Crippen LogP contribution in [0.4, 0.5) is 0 Å². The van der Waals surface area contributed by atoms with E-state index in [0.717, 1.165) is 10.1 Å². The molecule has 10 nitrogen and oxygen atoms in total. The number of hydrogen-bond donors (Lipinski definition) is 1. The maximum absolute atomic E-state index is 12.4. The van der Waals surface area contributed by atoms with E-state index in [1.165, 1.54) is 36.7 Å². The van der Waals surface area contributed by atoms with Gasteiger partial charge in [0.15, 0.2) is 11.2 Å². The lowest BCUT2D eigenvalue weighted by atomic mass is 10.1. The first-order chi connectivity index (χ1) is 13.3. The summed E-state index contributed by atoms with van der Waals surface area (Å²) in [7, 11) is 4.19. The zero-order valence-electron chi connectivity index (χ0n) is 15.6. The summed E-state index contributed by atoms with van der Waals surface area (Å²) in [6.45, 7) is 0.133. The number of aromatic nitrogens is 4. The van der Waals surface area contributed by atoms with Crippen molar-refractivity contribution >= 4 is 23.0 Å². The molecule has 1 N–H and O–H groups in total. The average molecular weight is 385 g/mol. The second-order valence-corrected chi connectivity index (χ2v) is 6.22. The SMILES string of the molecule is COC(=O)c1ccc(CNC(=O)Cn2cnc3c2c(=O)n(C)c(=O)n3C)cc1. The van der Waals surface area contributed by atoms with Gasteiger partial charge in [-0.05, 0) is 17.7 Å². The molecule has 0 fully saturated rings. The monoisotopic (exact) mass is 385 g/mol. The third-order valence-electron chi connectivity index (χ3n) is 4.40. The fourth-order valence-corrected chi connectivity index (χ4v) is 2.80. The van der Waals surface area contributed by atoms with Crippen molar-refractivity contribution in [2.75, 3.05) is 7.11 Å². The molecule has 0 atom stereocenters. The van der Waals surface area contributed by atoms with Gasteiger partial charge in [-0.15, -0.1) is 0 Å². The molecular weight excluding hydrogens is 366 g/mol. The third-order valence-corrected chi connectivity index (χ3v) is 4.40. The Morgan fingerprint density at radius 3 is 2.43 bits per heavy atom. The van der Waals surface area contributed by atoms with E-state index >= 15 is 0 Å². The summed E-state index contributed by atoms with van der Waals surface area (Å²) >= 11 is 0. The Morgan fingerprint density at radius 2 is 1.79 bits per heavy atom. The first-order valence-electron chi connectivity index (χ1n) is 8.38. The Balaban J connectivity index is 1.73. The maximum atomic E-state index is 12.4. The first-order valence-corrected chi connectivity index (χ1v) is 8.38. The van der Waals surface area contributed by atoms with Gasteiger partial charge in [0.05, 0.1) is 19.0 Å². The highest BCUT2D eigenvalue weighted by molar-refractivity contribution is 5.89. The number of carbonyl (C=O) groups excluding carboxylic acids is 2. The molecule has 10 heteroatoms. The number of hydrogen-bond acceptors (Lipinski definition) is 6. The molecule has 1 amide bonds. The Hall–Kier alpha value is -3.69. The second kappa shape index (κ2) is 7.51. The van der Waals surface area contributed by atoms with Crippen molar-refractivity contribution in [3.05, 3.63) is 62.6 Å². The Morgan fingerprint density at radius 1 is 1.11 bits per heavy atom. The van der Waals surface area contributed by atoms with Gasteiger partial charge >= 0.3 is 11.7 Å². The lowest BCUT2D eigenvalue weighted by molar-refractivity contribution is -0.121. The van der Waals surface area contributed by atoms with E-state index in [2.05, 4.69) is 15.0 Å². The van der Waals surface area contributed by atoms with Crippen LogP contribution in [-0.2, 0) is 36.7 Å². The van der Waals surface area contributed by atoms with Crippen molar-refractivity contribution in [1.29, 1.82) is 0 Å². The minimum atomic E-state index is -0.512. The van der Waals surface area contributed by atoms with E-state index in [1.807, 2.05) is 0 Å². The molecule has 28 heavy (non-hydrogen) atoms. The topological polar surface area (TPSA) is 117 Å². The molecule has 3 aromatic rings. The highest BCUT2D eigenvalue weighted by Gasteiger charge is 2.15. The summed E-state index contributed by atoms with van der Waals surface area (Å²) in [5.41, 5.74) is 0.629. The normalized spacial score (nSPS) is 10.8. The minimum Gasteiger partial charge on any atom is -0.465 e. The molecule has 0 aliphatic heterocycles. The highest BCUT2D eigenvalue weighted by atomic mass is 16.5. The number of benzene rings is 1. The van der Waals surface area contributed by atoms with Crippen molar-refractivity contribution < 1.29 is 14.3 Å². The van der Waals surface area contributed by atoms with Crippen molar-refractivity contribution in [3.8, 4) is 0 Å². The van der Waals surface area contributed by atoms with Crippen LogP contribution in [0.15, 0.2) is 40.2 Å². The first kappa shape index (κ1) is 19.1. The van der Waals surface area contributed by atoms with Gasteiger partial charge in [0.25, 0.3) is 5.56 Å². The van der Waals surface area contributed by atoms with Gasteiger partial charge in [-0.2, -0.15) is 0 Å². The number of methoxy groups -OCH3 is 1. The molecule has 146 valence electrons. The number of nitrogens with zero attached hydrogens (tertiary/aromatic N) is 4. The van der Waals surface area contributed by atoms with Crippen LogP contribution in [0.2, 0.25) is 0 Å². The summed E-state index contributed by atoms with van der Waals surface area (Å²) in [6, 6.07) is 6.65. The number of esters is 1. The Kier molecular flexibility index (Phi) is 5.12. The van der Waals surface area contributed by atoms with Crippen molar-refractivity contribution in [2.24, 2.45) is 14.1 Å². The molecule has 0 unspecified atom stereocenters. The summed E-state index contributed by atoms with van der Waals surface area (Å²) in [4.78, 5) is 52.1. The molecule has 3 rings (SSSR count). The van der Waals surface area contributed by atoms with Crippen LogP contribution in [0.1, 0.15) is 15.9 Å². The van der Waals surface area contributed by atoms with E-state index in [1.54, 1.807) is 24.3 Å². The van der Waals surface area contributed by atoms with Gasteiger partial charge in [0.1, 0.15) is 6.54 Å². The number of rotatable bonds is 5. The van der Waals surface area contributed by atoms with Gasteiger partial charge in [0.2, 0.25) is 5.91 Å². The van der Waals surface area contributed by atoms with Gasteiger partial charge in [-0.3, -0.25) is 18.7 Å². The van der Waals surface area contributed by atoms with Crippen LogP contribution in [0.5, 0.6) is 0 Å². The van der Waals surface area contributed by atoms with E-state index < -0.39 is 17.2 Å². The number of carbonyl (C=O) groups is 2. The summed E-state index contributed by atoms with van der Waals surface area (Å²) in [5.74, 6) is -0.759. The van der Waals surface area contributed by atoms with E-state index in [4.69, 9.17) is 0 Å². The Bertz CT molecular complexity index is 1170. The molecule has 2 heterocycles. The van der Waals surface area contributed by atoms with Crippen molar-refractivity contribution in [3.63, 3.8) is 0 Å². The number of amides is 1. The minimum absolute atomic E-state index is 0.121. The van der Waals surface area contributed by atoms with Gasteiger partial charge in [-0.25, -0.2) is 14.6 Å². The number of ether oxygens (including phenoxy) is 1. The Labute approximate surface area is 159 Å². The third kappa shape index (κ3) is 3.43. The molecular formula is C18H19N5O5. The van der Waals surface area contributed by atoms with Gasteiger partial charge in [-0.1, -0.05) is 12.1 Å². The van der Waals surface area contributed by atoms with Gasteiger partial charge in [0, 0.05) is 20.6 Å². The molecule has 0 saturated carbocycles. The average Bonchev–Trinajstić information content (AvgIpc) is 3.12. The molecule has 0 aliphatic carbocycles. The van der Waals surface area contributed by atoms with Crippen molar-refractivity contribution in [2.45, 2.75) is 13.1 Å². The largest absolute Gasteiger partial charge is 0.465 e. The molecule has 0 radical (unpaired) electrons. The summed E-state index contributed by atoms with van der Waals surface area (Å²) < 4.78 is 8.28. The summed E-state index contributed by atoms with van der Waals surface area (Å²) in [6.07, 6.45) is 1.36. The van der Waals surface area contributed by atoms with Crippen molar-refractivity contribution in [1.82, 2.24) is 24.0 Å². The zero-order chi connectivity index (χ0) is 20.4. The number of nitrogens with one attached hydrogen (secondary N) is 1. The standard InChI is InChI=1S/C18H19N5O5/c1-21-15-14(16(25)22(2)18(21)27)23(10-20-15)9-13(24)19-8-11-4-6-12(7-5-11)17(26)28-3/h4-7,10H,8-9H2,1-3H3,(H,19,24). The fraction of sp³-hybridized carbons (Fsp3) is 0.278. The lowest BCUT2D eigenvalue weighted by Gasteiger charge is -2.08. The number of aryl methyl sites for hydroxylation is 1. The van der Waals surface area contributed by atoms with Crippen LogP contribution in [0.3, 0.4) is 0 Å². The van der Waals surface area contributed by atoms with Crippen LogP contribution < -0.4 is 16.6 Å². The van der Waals surface area contributed by atoms with E-state index in [9.17, 15) is 19.2 Å². The maximum Gasteiger partial charge on any atom is 0.337 e. The molecule has 2 aromatic heterocycles.